The van der Waals surface area contributed by atoms with Crippen LogP contribution in [-0.2, 0) is 10.3 Å². The van der Waals surface area contributed by atoms with Gasteiger partial charge in [0.05, 0.1) is 6.61 Å². The van der Waals surface area contributed by atoms with Crippen LogP contribution in [0, 0.1) is 0 Å². The minimum absolute atomic E-state index is 0.231. The molecule has 5 nitrogen and oxygen atoms in total. The van der Waals surface area contributed by atoms with E-state index in [0.29, 0.717) is 23.5 Å². The Morgan fingerprint density at radius 2 is 1.67 bits per heavy atom. The van der Waals surface area contributed by atoms with E-state index in [1.807, 2.05) is 6.92 Å². The highest BCUT2D eigenvalue weighted by Gasteiger charge is 2.40. The zero-order valence-electron chi connectivity index (χ0n) is 13.8. The standard InChI is InChI=1S/C19H21NO4/c1-3-19(18(22)23,15-8-6-5-7-9-15)20-17(21)14-10-12-16(13-11-14)24-4-2/h5-13H,3-4H2,1-2H3,(H,20,21)(H,22,23). The summed E-state index contributed by atoms with van der Waals surface area (Å²) in [6.45, 7) is 4.15. The van der Waals surface area contributed by atoms with Gasteiger partial charge in [-0.2, -0.15) is 0 Å². The summed E-state index contributed by atoms with van der Waals surface area (Å²) in [5.41, 5.74) is -0.538. The fourth-order valence-corrected chi connectivity index (χ4v) is 2.55. The molecule has 2 aromatic carbocycles. The van der Waals surface area contributed by atoms with Gasteiger partial charge in [-0.25, -0.2) is 4.79 Å². The largest absolute Gasteiger partial charge is 0.494 e. The molecule has 1 unspecified atom stereocenters. The molecular weight excluding hydrogens is 306 g/mol. The molecule has 2 aromatic rings. The summed E-state index contributed by atoms with van der Waals surface area (Å²) in [7, 11) is 0. The van der Waals surface area contributed by atoms with Crippen LogP contribution >= 0.6 is 0 Å². The lowest BCUT2D eigenvalue weighted by Gasteiger charge is -2.30. The molecule has 2 rings (SSSR count). The number of benzene rings is 2. The number of hydrogen-bond acceptors (Lipinski definition) is 3. The molecule has 0 saturated heterocycles. The molecule has 24 heavy (non-hydrogen) atoms. The average molecular weight is 327 g/mol. The summed E-state index contributed by atoms with van der Waals surface area (Å²) in [5, 5.41) is 12.4. The van der Waals surface area contributed by atoms with Gasteiger partial charge < -0.3 is 15.2 Å². The first-order valence-corrected chi connectivity index (χ1v) is 7.87. The molecule has 5 heteroatoms. The second kappa shape index (κ2) is 7.64. The van der Waals surface area contributed by atoms with Crippen molar-refractivity contribution in [2.45, 2.75) is 25.8 Å². The van der Waals surface area contributed by atoms with Gasteiger partial charge in [0.2, 0.25) is 0 Å². The van der Waals surface area contributed by atoms with Crippen molar-refractivity contribution in [2.75, 3.05) is 6.61 Å². The molecule has 126 valence electrons. The number of nitrogens with one attached hydrogen (secondary N) is 1. The average Bonchev–Trinajstić information content (AvgIpc) is 2.61. The molecule has 2 N–H and O–H groups in total. The van der Waals surface area contributed by atoms with Crippen molar-refractivity contribution in [3.63, 3.8) is 0 Å². The van der Waals surface area contributed by atoms with Gasteiger partial charge in [0.1, 0.15) is 5.75 Å². The molecule has 0 saturated carbocycles. The van der Waals surface area contributed by atoms with E-state index in [2.05, 4.69) is 5.32 Å². The first-order chi connectivity index (χ1) is 11.5. The summed E-state index contributed by atoms with van der Waals surface area (Å²) in [4.78, 5) is 24.5. The van der Waals surface area contributed by atoms with Gasteiger partial charge in [0.25, 0.3) is 5.91 Å². The maximum Gasteiger partial charge on any atom is 0.334 e. The monoisotopic (exact) mass is 327 g/mol. The number of carboxylic acid groups (broad SMARTS) is 1. The zero-order valence-corrected chi connectivity index (χ0v) is 13.8. The van der Waals surface area contributed by atoms with Crippen LogP contribution in [0.5, 0.6) is 5.75 Å². The lowest BCUT2D eigenvalue weighted by atomic mass is 9.87. The molecule has 1 atom stereocenters. The Labute approximate surface area is 141 Å². The van der Waals surface area contributed by atoms with Crippen LogP contribution < -0.4 is 10.1 Å². The van der Waals surface area contributed by atoms with Gasteiger partial charge in [0, 0.05) is 5.56 Å². The summed E-state index contributed by atoms with van der Waals surface area (Å²) in [5.74, 6) is -0.862. The molecule has 0 aliphatic carbocycles. The van der Waals surface area contributed by atoms with Crippen LogP contribution in [0.3, 0.4) is 0 Å². The predicted molar refractivity (Wildman–Crippen MR) is 91.1 cm³/mol. The highest BCUT2D eigenvalue weighted by Crippen LogP contribution is 2.26. The maximum absolute atomic E-state index is 12.6. The van der Waals surface area contributed by atoms with Gasteiger partial charge >= 0.3 is 5.97 Å². The van der Waals surface area contributed by atoms with Crippen molar-refractivity contribution in [3.8, 4) is 5.75 Å². The van der Waals surface area contributed by atoms with Crippen molar-refractivity contribution in [1.82, 2.24) is 5.32 Å². The summed E-state index contributed by atoms with van der Waals surface area (Å²) in [6, 6.07) is 15.3. The predicted octanol–water partition coefficient (Wildman–Crippen LogP) is 3.21. The minimum atomic E-state index is -1.46. The Balaban J connectivity index is 2.29. The first kappa shape index (κ1) is 17.5. The molecule has 0 bridgehead atoms. The second-order valence-electron chi connectivity index (χ2n) is 5.34. The normalized spacial score (nSPS) is 12.9. The van der Waals surface area contributed by atoms with Gasteiger partial charge in [0.15, 0.2) is 5.54 Å². The topological polar surface area (TPSA) is 75.6 Å². The fourth-order valence-electron chi connectivity index (χ4n) is 2.55. The number of carboxylic acids is 1. The van der Waals surface area contributed by atoms with Crippen LogP contribution in [0.25, 0.3) is 0 Å². The third-order valence-electron chi connectivity index (χ3n) is 3.92. The van der Waals surface area contributed by atoms with E-state index < -0.39 is 17.4 Å². The third-order valence-corrected chi connectivity index (χ3v) is 3.92. The number of ether oxygens (including phenoxy) is 1. The highest BCUT2D eigenvalue weighted by molar-refractivity contribution is 5.98. The molecule has 0 spiro atoms. The lowest BCUT2D eigenvalue weighted by molar-refractivity contribution is -0.145. The summed E-state index contributed by atoms with van der Waals surface area (Å²) >= 11 is 0. The Kier molecular flexibility index (Phi) is 5.58. The number of aliphatic carboxylic acids is 1. The van der Waals surface area contributed by atoms with Crippen molar-refractivity contribution >= 4 is 11.9 Å². The number of carbonyl (C=O) groups excluding carboxylic acids is 1. The summed E-state index contributed by atoms with van der Waals surface area (Å²) < 4.78 is 5.34. The van der Waals surface area contributed by atoms with Crippen LogP contribution in [-0.4, -0.2) is 23.6 Å². The molecule has 0 aromatic heterocycles. The Morgan fingerprint density at radius 1 is 1.04 bits per heavy atom. The molecule has 0 heterocycles. The van der Waals surface area contributed by atoms with Crippen molar-refractivity contribution < 1.29 is 19.4 Å². The molecular formula is C19H21NO4. The Hall–Kier alpha value is -2.82. The van der Waals surface area contributed by atoms with Gasteiger partial charge in [-0.05, 0) is 43.2 Å². The minimum Gasteiger partial charge on any atom is -0.494 e. The molecule has 0 radical (unpaired) electrons. The first-order valence-electron chi connectivity index (χ1n) is 7.87. The van der Waals surface area contributed by atoms with Crippen molar-refractivity contribution in [2.24, 2.45) is 0 Å². The van der Waals surface area contributed by atoms with E-state index in [1.54, 1.807) is 61.5 Å². The maximum atomic E-state index is 12.6. The van der Waals surface area contributed by atoms with Gasteiger partial charge in [-0.15, -0.1) is 0 Å². The molecule has 1 amide bonds. The zero-order chi connectivity index (χ0) is 17.6. The number of carbonyl (C=O) groups is 2. The smallest absolute Gasteiger partial charge is 0.334 e. The van der Waals surface area contributed by atoms with Crippen LogP contribution in [0.15, 0.2) is 54.6 Å². The van der Waals surface area contributed by atoms with Crippen LogP contribution in [0.1, 0.15) is 36.2 Å². The van der Waals surface area contributed by atoms with E-state index in [-0.39, 0.29) is 6.42 Å². The van der Waals surface area contributed by atoms with Crippen molar-refractivity contribution in [3.05, 3.63) is 65.7 Å². The Bertz CT molecular complexity index is 697. The summed E-state index contributed by atoms with van der Waals surface area (Å²) in [6.07, 6.45) is 0.231. The molecule has 0 fully saturated rings. The highest BCUT2D eigenvalue weighted by atomic mass is 16.5. The number of hydrogen-bond donors (Lipinski definition) is 2. The molecule has 0 aliphatic rings. The van der Waals surface area contributed by atoms with E-state index in [4.69, 9.17) is 4.74 Å². The second-order valence-corrected chi connectivity index (χ2v) is 5.34. The van der Waals surface area contributed by atoms with E-state index in [9.17, 15) is 14.7 Å². The number of rotatable bonds is 7. The molecule has 0 aliphatic heterocycles. The van der Waals surface area contributed by atoms with Gasteiger partial charge in [-0.3, -0.25) is 4.79 Å². The van der Waals surface area contributed by atoms with E-state index in [0.717, 1.165) is 0 Å². The van der Waals surface area contributed by atoms with Gasteiger partial charge in [-0.1, -0.05) is 37.3 Å². The fraction of sp³-hybridized carbons (Fsp3) is 0.263. The van der Waals surface area contributed by atoms with Crippen LogP contribution in [0.2, 0.25) is 0 Å². The quantitative estimate of drug-likeness (QED) is 0.819. The number of amides is 1. The van der Waals surface area contributed by atoms with E-state index in [1.165, 1.54) is 0 Å². The Morgan fingerprint density at radius 3 is 2.17 bits per heavy atom. The van der Waals surface area contributed by atoms with Crippen molar-refractivity contribution in [1.29, 1.82) is 0 Å². The lowest BCUT2D eigenvalue weighted by Crippen LogP contribution is -2.51. The SMILES string of the molecule is CCOc1ccc(C(=O)NC(CC)(C(=O)O)c2ccccc2)cc1. The van der Waals surface area contributed by atoms with E-state index >= 15 is 0 Å². The third kappa shape index (κ3) is 3.56. The van der Waals surface area contributed by atoms with Crippen LogP contribution in [0.4, 0.5) is 0 Å².